The Labute approximate surface area is 488 Å². The predicted octanol–water partition coefficient (Wildman–Crippen LogP) is 20.8. The lowest BCUT2D eigenvalue weighted by Crippen LogP contribution is -2.68. The molecule has 2 fully saturated rings. The van der Waals surface area contributed by atoms with Crippen LogP contribution in [0.2, 0.25) is 0 Å². The average molecular weight is 1100 g/mol. The van der Waals surface area contributed by atoms with Gasteiger partial charge in [-0.25, -0.2) is 4.79 Å². The maximum Gasteiger partial charge on any atom is 0.324 e. The van der Waals surface area contributed by atoms with Crippen molar-refractivity contribution in [2.45, 2.75) is 99.6 Å². The second-order valence-corrected chi connectivity index (χ2v) is 31.9. The minimum absolute atomic E-state index is 0.0564. The van der Waals surface area contributed by atoms with E-state index in [9.17, 15) is 0 Å². The summed E-state index contributed by atoms with van der Waals surface area (Å²) in [5, 5.41) is 86.8. The molecule has 3 amide bonds. The van der Waals surface area contributed by atoms with Gasteiger partial charge in [0.25, 0.3) is 5.91 Å². The molecule has 88 heavy (non-hydrogen) atoms. The zero-order valence-corrected chi connectivity index (χ0v) is 46.8. The smallest absolute Gasteiger partial charge is 0.324 e. The van der Waals surface area contributed by atoms with Gasteiger partial charge < -0.3 is 5.32 Å². The van der Waals surface area contributed by atoms with Crippen LogP contribution in [0.1, 0.15) is 98.9 Å². The molecule has 2 saturated carbocycles. The fourth-order valence-electron chi connectivity index (χ4n) is 29.5. The lowest BCUT2D eigenvalue weighted by molar-refractivity contribution is -0.137. The third kappa shape index (κ3) is 2.30. The molecular weight excluding hydrogens is 1070 g/mol. The Bertz CT molecular complexity index is 7970. The molecule has 29 aromatic carbocycles. The number of urea groups is 1. The summed E-state index contributed by atoms with van der Waals surface area (Å²) >= 11 is 0. The normalized spacial score (nSPS) is 24.4. The number of rotatable bonds is 4. The molecule has 0 radical (unpaired) electrons. The van der Waals surface area contributed by atoms with Gasteiger partial charge in [-0.2, -0.15) is 0 Å². The van der Waals surface area contributed by atoms with Crippen molar-refractivity contribution in [2.24, 2.45) is 4.99 Å². The van der Waals surface area contributed by atoms with Crippen molar-refractivity contribution in [3.8, 4) is 0 Å². The van der Waals surface area contributed by atoms with Crippen LogP contribution in [0.15, 0.2) is 35.3 Å². The molecule has 29 aromatic rings. The summed E-state index contributed by atoms with van der Waals surface area (Å²) < 4.78 is 0. The molecule has 0 aromatic heterocycles. The number of aliphatic imine (C=N–C) groups is 1. The molecule has 5 nitrogen and oxygen atoms in total. The topological polar surface area (TPSA) is 61.8 Å². The van der Waals surface area contributed by atoms with Crippen molar-refractivity contribution < 1.29 is 9.59 Å². The number of nitrogens with zero attached hydrogens (tertiary/aromatic N) is 2. The predicted molar refractivity (Wildman–Crippen MR) is 364 cm³/mol. The monoisotopic (exact) mass is 1100 g/mol. The molecular formula is C83H31N3O2. The molecule has 0 bridgehead atoms. The molecule has 6 aliphatic carbocycles. The Hall–Kier alpha value is -9.71. The van der Waals surface area contributed by atoms with Gasteiger partial charge in [-0.05, 0) is 351 Å². The van der Waals surface area contributed by atoms with Gasteiger partial charge in [0.2, 0.25) is 0 Å². The van der Waals surface area contributed by atoms with E-state index in [1.54, 1.807) is 172 Å². The molecule has 5 heteroatoms. The molecule has 0 unspecified atom stereocenters. The Balaban J connectivity index is 0.948. The largest absolute Gasteiger partial charge is 0.335 e. The van der Waals surface area contributed by atoms with Crippen molar-refractivity contribution in [3.05, 3.63) is 58.1 Å². The van der Waals surface area contributed by atoms with Crippen molar-refractivity contribution in [1.82, 2.24) is 10.2 Å². The van der Waals surface area contributed by atoms with Crippen LogP contribution in [0.4, 0.5) is 4.79 Å². The molecule has 0 saturated heterocycles. The zero-order chi connectivity index (χ0) is 54.0. The van der Waals surface area contributed by atoms with Gasteiger partial charge in [-0.15, -0.1) is 0 Å². The summed E-state index contributed by atoms with van der Waals surface area (Å²) in [5.41, 5.74) is 4.47. The van der Waals surface area contributed by atoms with Crippen molar-refractivity contribution in [3.63, 3.8) is 0 Å². The van der Waals surface area contributed by atoms with E-state index in [-0.39, 0.29) is 24.0 Å². The van der Waals surface area contributed by atoms with E-state index in [4.69, 9.17) is 4.99 Å². The number of nitrogens with one attached hydrogen (secondary N) is 1. The Kier molecular flexibility index (Phi) is 3.91. The van der Waals surface area contributed by atoms with Gasteiger partial charge in [0.15, 0.2) is 5.54 Å². The number of hydrogen-bond acceptors (Lipinski definition) is 3. The molecule has 1 aliphatic heterocycles. The second-order valence-electron chi connectivity index (χ2n) is 31.9. The maximum absolute atomic E-state index is 18.5. The van der Waals surface area contributed by atoms with Crippen molar-refractivity contribution in [1.29, 1.82) is 0 Å². The molecule has 1 heterocycles. The minimum Gasteiger partial charge on any atom is -0.335 e. The standard InChI is InChI=1S/C83H31N3O2/c1-81(79(87)86(19-15-9-4-10-16-19)80(88)84-18-13-7-3-8-14-18)83-76-70-64-54-42-34-26-22-20-21-24-28(26)36(42)46-40-32(24)33-25(21)29-27-23(20)31-30(22)38-44(34)52-58-48(38)49-39(31)45-35(27)43-37(29)47-41(33)51-50(40)62(56(46)64)72(76)73-63(51)57(47)65-55(43)61-53(45)59(49)67-66(58)74(68(70)60(52)54)82(83,75(67)69(61)71(65)77(73)83)78(85-81)17-11-5-2-6-12-17/h2,5-6,11-12,18-19H,3-4,7-10,13-16H2,1H3,(H,84,88)/t81-,82?,83?/m0/s1. The molecule has 7 aliphatic rings. The third-order valence-electron chi connectivity index (χ3n) is 30.5. The van der Waals surface area contributed by atoms with Gasteiger partial charge in [0, 0.05) is 12.1 Å². The average Bonchev–Trinajstić information content (AvgIpc) is 1.38. The number of hydrogen-bond donors (Lipinski definition) is 1. The highest BCUT2D eigenvalue weighted by atomic mass is 16.2. The summed E-state index contributed by atoms with van der Waals surface area (Å²) in [6, 6.07) is 11.1. The Morgan fingerprint density at radius 2 is 0.614 bits per heavy atom. The van der Waals surface area contributed by atoms with Crippen LogP contribution < -0.4 is 5.32 Å². The molecule has 390 valence electrons. The molecule has 36 rings (SSSR count). The van der Waals surface area contributed by atoms with Gasteiger partial charge in [-0.3, -0.25) is 14.7 Å². The zero-order valence-electron chi connectivity index (χ0n) is 46.8. The summed E-state index contributed by atoms with van der Waals surface area (Å²) in [4.78, 5) is 43.5. The highest BCUT2D eigenvalue weighted by Gasteiger charge is 2.81. The minimum atomic E-state index is -1.47. The highest BCUT2D eigenvalue weighted by molar-refractivity contribution is 6.82. The van der Waals surface area contributed by atoms with E-state index < -0.39 is 16.4 Å². The van der Waals surface area contributed by atoms with E-state index in [2.05, 4.69) is 42.6 Å². The number of carbonyl (C=O) groups is 2. The summed E-state index contributed by atoms with van der Waals surface area (Å²) in [5.74, 6) is -0.0736. The van der Waals surface area contributed by atoms with Crippen LogP contribution >= 0.6 is 0 Å². The number of imide groups is 1. The van der Waals surface area contributed by atoms with Gasteiger partial charge in [-0.1, -0.05) is 68.9 Å². The van der Waals surface area contributed by atoms with Crippen LogP contribution in [0.5, 0.6) is 0 Å². The van der Waals surface area contributed by atoms with E-state index in [1.165, 1.54) is 147 Å². The summed E-state index contributed by atoms with van der Waals surface area (Å²) in [6.45, 7) is 2.35. The first-order valence-electron chi connectivity index (χ1n) is 33.6. The molecule has 1 N–H and O–H groups in total. The van der Waals surface area contributed by atoms with Crippen LogP contribution in [0, 0.1) is 0 Å². The summed E-state index contributed by atoms with van der Waals surface area (Å²) in [6.07, 6.45) is 10.2. The highest BCUT2D eigenvalue weighted by Crippen LogP contribution is 2.87. The van der Waals surface area contributed by atoms with Crippen molar-refractivity contribution >= 4 is 309 Å². The van der Waals surface area contributed by atoms with Gasteiger partial charge in [0.05, 0.1) is 16.5 Å². The fraction of sp³-hybridized carbons (Fsp3) is 0.193. The van der Waals surface area contributed by atoms with Crippen LogP contribution in [0.3, 0.4) is 0 Å². The van der Waals surface area contributed by atoms with E-state index >= 15 is 9.59 Å². The van der Waals surface area contributed by atoms with E-state index in [0.717, 1.165) is 69.1 Å². The lowest BCUT2D eigenvalue weighted by Gasteiger charge is -2.56. The first kappa shape index (κ1) is 37.1. The van der Waals surface area contributed by atoms with E-state index in [1.807, 2.05) is 4.90 Å². The van der Waals surface area contributed by atoms with Gasteiger partial charge >= 0.3 is 6.03 Å². The van der Waals surface area contributed by atoms with Crippen LogP contribution in [0.25, 0.3) is 291 Å². The third-order valence-corrected chi connectivity index (χ3v) is 30.5. The van der Waals surface area contributed by atoms with Crippen LogP contribution in [-0.4, -0.2) is 40.2 Å². The lowest BCUT2D eigenvalue weighted by atomic mass is 9.43. The first-order valence-corrected chi connectivity index (χ1v) is 33.6. The number of amides is 3. The maximum atomic E-state index is 18.5. The second kappa shape index (κ2) is 9.27. The van der Waals surface area contributed by atoms with Crippen molar-refractivity contribution in [2.75, 3.05) is 0 Å². The number of carbonyl (C=O) groups excluding carboxylic acids is 2. The molecule has 2 spiro atoms. The first-order chi connectivity index (χ1) is 43.6. The quantitative estimate of drug-likeness (QED) is 0.179. The van der Waals surface area contributed by atoms with Crippen LogP contribution in [-0.2, 0) is 15.6 Å². The fourth-order valence-corrected chi connectivity index (χ4v) is 29.5. The molecule has 1 atom stereocenters. The van der Waals surface area contributed by atoms with Gasteiger partial charge in [0.1, 0.15) is 0 Å². The Morgan fingerprint density at radius 1 is 0.352 bits per heavy atom. The Morgan fingerprint density at radius 3 is 0.909 bits per heavy atom. The van der Waals surface area contributed by atoms with E-state index in [0.29, 0.717) is 0 Å². The number of benzene rings is 19. The summed E-state index contributed by atoms with van der Waals surface area (Å²) in [7, 11) is 0. The SMILES string of the molecule is C[C@@]1(C(=O)N(C(=O)NC2CCCCC2)C2CCCCC2)N=C(c2ccccc2)C23c4c5c6c7c8c9c(c%10c%11c2c2c4c4c%12c5c5c6c6c8c8c%13c9c9c%10c%10c%11c%11c2c2c4c4c%12c%12c5c5c6c8c6c8c%13c9c9c%10c%10c%11c2c2c4c4c%12c5c6c5c8c9c%10c2c45)C731.